The van der Waals surface area contributed by atoms with Crippen LogP contribution >= 0.6 is 15.9 Å². The van der Waals surface area contributed by atoms with Crippen molar-refractivity contribution < 1.29 is 13.9 Å². The minimum absolute atomic E-state index is 0.116. The molecule has 0 aliphatic heterocycles. The maximum Gasteiger partial charge on any atom is 0.165 e. The van der Waals surface area contributed by atoms with Gasteiger partial charge in [-0.05, 0) is 15.9 Å². The van der Waals surface area contributed by atoms with E-state index in [-0.39, 0.29) is 11.3 Å². The number of halogens is 2. The minimum Gasteiger partial charge on any atom is -0.493 e. The topological polar surface area (TPSA) is 39.2 Å². The van der Waals surface area contributed by atoms with Gasteiger partial charge in [-0.2, -0.15) is 0 Å². The number of carbonyl (C=O) groups excluding carboxylic acids is 1. The number of pyridine rings is 1. The highest BCUT2D eigenvalue weighted by atomic mass is 79.9. The molecule has 1 rings (SSSR count). The molecular formula is C7H5BrFNO2. The summed E-state index contributed by atoms with van der Waals surface area (Å²) in [6, 6.07) is 0. The molecule has 0 N–H and O–H groups in total. The van der Waals surface area contributed by atoms with Crippen molar-refractivity contribution in [1.29, 1.82) is 0 Å². The molecule has 12 heavy (non-hydrogen) atoms. The van der Waals surface area contributed by atoms with Gasteiger partial charge in [0.25, 0.3) is 0 Å². The van der Waals surface area contributed by atoms with Crippen LogP contribution in [0.15, 0.2) is 10.8 Å². The maximum atomic E-state index is 12.8. The summed E-state index contributed by atoms with van der Waals surface area (Å²) in [7, 11) is 1.34. The van der Waals surface area contributed by atoms with Gasteiger partial charge in [0, 0.05) is 0 Å². The Morgan fingerprint density at radius 2 is 2.42 bits per heavy atom. The molecule has 0 spiro atoms. The number of aromatic nitrogens is 1. The molecular weight excluding hydrogens is 229 g/mol. The third-order valence-electron chi connectivity index (χ3n) is 1.30. The molecule has 0 atom stereocenters. The second kappa shape index (κ2) is 3.62. The van der Waals surface area contributed by atoms with Gasteiger partial charge in [-0.25, -0.2) is 9.37 Å². The van der Waals surface area contributed by atoms with Crippen molar-refractivity contribution in [2.75, 3.05) is 7.11 Å². The summed E-state index contributed by atoms with van der Waals surface area (Å²) in [6.07, 6.45) is 1.34. The predicted molar refractivity (Wildman–Crippen MR) is 43.8 cm³/mol. The van der Waals surface area contributed by atoms with Gasteiger partial charge in [0.05, 0.1) is 18.9 Å². The normalized spacial score (nSPS) is 9.58. The van der Waals surface area contributed by atoms with Crippen LogP contribution in [0.5, 0.6) is 5.75 Å². The molecule has 1 aromatic heterocycles. The van der Waals surface area contributed by atoms with E-state index < -0.39 is 5.82 Å². The number of nitrogens with zero attached hydrogens (tertiary/aromatic N) is 1. The molecule has 0 saturated carbocycles. The second-order valence-corrected chi connectivity index (χ2v) is 2.71. The lowest BCUT2D eigenvalue weighted by Gasteiger charge is -2.04. The lowest BCUT2D eigenvalue weighted by atomic mass is 10.2. The van der Waals surface area contributed by atoms with E-state index in [1.165, 1.54) is 7.11 Å². The summed E-state index contributed by atoms with van der Waals surface area (Å²) >= 11 is 3.02. The number of rotatable bonds is 2. The van der Waals surface area contributed by atoms with Crippen molar-refractivity contribution in [2.45, 2.75) is 0 Å². The maximum absolute atomic E-state index is 12.8. The average Bonchev–Trinajstić information content (AvgIpc) is 2.08. The first kappa shape index (κ1) is 9.12. The van der Waals surface area contributed by atoms with Crippen LogP contribution < -0.4 is 4.74 Å². The first-order valence-electron chi connectivity index (χ1n) is 3.04. The third kappa shape index (κ3) is 1.45. The van der Waals surface area contributed by atoms with Crippen LogP contribution in [-0.4, -0.2) is 18.4 Å². The van der Waals surface area contributed by atoms with Gasteiger partial charge in [0.1, 0.15) is 4.60 Å². The molecule has 0 fully saturated rings. The van der Waals surface area contributed by atoms with Crippen LogP contribution in [0.1, 0.15) is 10.4 Å². The fraction of sp³-hybridized carbons (Fsp3) is 0.143. The zero-order chi connectivity index (χ0) is 9.14. The van der Waals surface area contributed by atoms with Crippen LogP contribution in [0, 0.1) is 5.82 Å². The average molecular weight is 234 g/mol. The fourth-order valence-corrected chi connectivity index (χ4v) is 1.24. The number of hydrogen-bond acceptors (Lipinski definition) is 3. The summed E-state index contributed by atoms with van der Waals surface area (Å²) in [5, 5.41) is 0. The van der Waals surface area contributed by atoms with Crippen LogP contribution in [0.4, 0.5) is 4.39 Å². The van der Waals surface area contributed by atoms with Crippen molar-refractivity contribution in [1.82, 2.24) is 4.98 Å². The first-order valence-corrected chi connectivity index (χ1v) is 3.83. The predicted octanol–water partition coefficient (Wildman–Crippen LogP) is 1.80. The van der Waals surface area contributed by atoms with Crippen molar-refractivity contribution in [2.24, 2.45) is 0 Å². The summed E-state index contributed by atoms with van der Waals surface area (Å²) in [5.74, 6) is -0.574. The molecule has 0 unspecified atom stereocenters. The van der Waals surface area contributed by atoms with Crippen LogP contribution in [-0.2, 0) is 0 Å². The van der Waals surface area contributed by atoms with E-state index in [1.54, 1.807) is 0 Å². The molecule has 1 heterocycles. The number of ether oxygens (including phenoxy) is 1. The Labute approximate surface area is 76.7 Å². The lowest BCUT2D eigenvalue weighted by molar-refractivity contribution is 0.111. The van der Waals surface area contributed by atoms with Gasteiger partial charge in [-0.3, -0.25) is 4.79 Å². The van der Waals surface area contributed by atoms with Crippen LogP contribution in [0.3, 0.4) is 0 Å². The molecule has 64 valence electrons. The summed E-state index contributed by atoms with van der Waals surface area (Å²) < 4.78 is 17.9. The molecule has 0 bridgehead atoms. The summed E-state index contributed by atoms with van der Waals surface area (Å²) in [5.41, 5.74) is -0.126. The molecule has 0 aromatic carbocycles. The molecule has 0 saturated heterocycles. The highest BCUT2D eigenvalue weighted by molar-refractivity contribution is 9.10. The monoisotopic (exact) mass is 233 g/mol. The molecule has 0 aliphatic carbocycles. The van der Waals surface area contributed by atoms with Gasteiger partial charge in [-0.15, -0.1) is 0 Å². The first-order chi connectivity index (χ1) is 5.70. The fourth-order valence-electron chi connectivity index (χ4n) is 0.765. The van der Waals surface area contributed by atoms with E-state index in [0.29, 0.717) is 10.9 Å². The van der Waals surface area contributed by atoms with Crippen molar-refractivity contribution in [3.8, 4) is 5.75 Å². The standard InChI is InChI=1S/C7H5BrFNO2/c1-12-6-4(3-11)5(9)2-10-7(6)8/h2-3H,1H3. The van der Waals surface area contributed by atoms with Gasteiger partial charge in [0.15, 0.2) is 17.9 Å². The number of hydrogen-bond donors (Lipinski definition) is 0. The van der Waals surface area contributed by atoms with Gasteiger partial charge < -0.3 is 4.74 Å². The van der Waals surface area contributed by atoms with Gasteiger partial charge in [0.2, 0.25) is 0 Å². The Morgan fingerprint density at radius 3 is 2.83 bits per heavy atom. The number of aldehydes is 1. The van der Waals surface area contributed by atoms with E-state index in [0.717, 1.165) is 6.20 Å². The van der Waals surface area contributed by atoms with Crippen LogP contribution in [0.25, 0.3) is 0 Å². The SMILES string of the molecule is COc1c(Br)ncc(F)c1C=O. The lowest BCUT2D eigenvalue weighted by Crippen LogP contribution is -1.97. The highest BCUT2D eigenvalue weighted by Crippen LogP contribution is 2.26. The Bertz CT molecular complexity index is 317. The zero-order valence-electron chi connectivity index (χ0n) is 6.17. The second-order valence-electron chi connectivity index (χ2n) is 1.96. The Morgan fingerprint density at radius 1 is 1.75 bits per heavy atom. The van der Waals surface area contributed by atoms with Gasteiger partial charge in [-0.1, -0.05) is 0 Å². The van der Waals surface area contributed by atoms with E-state index in [9.17, 15) is 9.18 Å². The quantitative estimate of drug-likeness (QED) is 0.578. The van der Waals surface area contributed by atoms with Crippen LogP contribution in [0.2, 0.25) is 0 Å². The van der Waals surface area contributed by atoms with Crippen molar-refractivity contribution in [3.63, 3.8) is 0 Å². The molecule has 1 aromatic rings. The van der Waals surface area contributed by atoms with E-state index in [1.807, 2.05) is 0 Å². The molecule has 0 aliphatic rings. The largest absolute Gasteiger partial charge is 0.493 e. The van der Waals surface area contributed by atoms with Crippen molar-refractivity contribution >= 4 is 22.2 Å². The minimum atomic E-state index is -0.690. The smallest absolute Gasteiger partial charge is 0.165 e. The Balaban J connectivity index is 3.38. The zero-order valence-corrected chi connectivity index (χ0v) is 7.76. The molecule has 0 radical (unpaired) electrons. The molecule has 5 heteroatoms. The Kier molecular flexibility index (Phi) is 2.75. The Hall–Kier alpha value is -0.970. The van der Waals surface area contributed by atoms with Crippen molar-refractivity contribution in [3.05, 3.63) is 22.2 Å². The van der Waals surface area contributed by atoms with E-state index >= 15 is 0 Å². The van der Waals surface area contributed by atoms with E-state index in [2.05, 4.69) is 20.9 Å². The molecule has 3 nitrogen and oxygen atoms in total. The van der Waals surface area contributed by atoms with E-state index in [4.69, 9.17) is 4.74 Å². The number of methoxy groups -OCH3 is 1. The van der Waals surface area contributed by atoms with Gasteiger partial charge >= 0.3 is 0 Å². The summed E-state index contributed by atoms with van der Waals surface area (Å²) in [6.45, 7) is 0. The summed E-state index contributed by atoms with van der Waals surface area (Å²) in [4.78, 5) is 14.0. The highest BCUT2D eigenvalue weighted by Gasteiger charge is 2.12. The third-order valence-corrected chi connectivity index (χ3v) is 1.87. The molecule has 0 amide bonds. The number of carbonyl (C=O) groups is 1.